The Morgan fingerprint density at radius 3 is 2.59 bits per heavy atom. The summed E-state index contributed by atoms with van der Waals surface area (Å²) in [6.07, 6.45) is 0.787. The van der Waals surface area contributed by atoms with Crippen molar-refractivity contribution < 1.29 is 23.8 Å². The highest BCUT2D eigenvalue weighted by molar-refractivity contribution is 5.92. The number of ether oxygens (including phenoxy) is 3. The van der Waals surface area contributed by atoms with Crippen LogP contribution < -0.4 is 14.8 Å². The van der Waals surface area contributed by atoms with Gasteiger partial charge in [-0.15, -0.1) is 0 Å². The lowest BCUT2D eigenvalue weighted by atomic mass is 10.0. The predicted octanol–water partition coefficient (Wildman–Crippen LogP) is 1.92. The molecule has 6 heteroatoms. The SMILES string of the molecule is CCC(C)(C)NC(=O)COC(=O)c1ccc2c(c1)OCCO2. The number of hydrogen-bond donors (Lipinski definition) is 1. The first-order valence-electron chi connectivity index (χ1n) is 7.29. The third-order valence-corrected chi connectivity index (χ3v) is 3.47. The molecule has 1 aliphatic heterocycles. The number of carbonyl (C=O) groups is 2. The van der Waals surface area contributed by atoms with E-state index in [-0.39, 0.29) is 18.1 Å². The second kappa shape index (κ2) is 6.68. The second-order valence-electron chi connectivity index (χ2n) is 5.72. The van der Waals surface area contributed by atoms with Gasteiger partial charge < -0.3 is 19.5 Å². The highest BCUT2D eigenvalue weighted by Crippen LogP contribution is 2.30. The predicted molar refractivity (Wildman–Crippen MR) is 80.2 cm³/mol. The summed E-state index contributed by atoms with van der Waals surface area (Å²) in [6, 6.07) is 4.81. The van der Waals surface area contributed by atoms with Crippen LogP contribution in [0.15, 0.2) is 18.2 Å². The number of rotatable bonds is 5. The molecule has 0 radical (unpaired) electrons. The maximum Gasteiger partial charge on any atom is 0.338 e. The van der Waals surface area contributed by atoms with Crippen molar-refractivity contribution >= 4 is 11.9 Å². The molecule has 120 valence electrons. The van der Waals surface area contributed by atoms with Crippen molar-refractivity contribution in [2.45, 2.75) is 32.7 Å². The molecule has 2 rings (SSSR count). The van der Waals surface area contributed by atoms with Gasteiger partial charge in [0.2, 0.25) is 0 Å². The number of hydrogen-bond acceptors (Lipinski definition) is 5. The lowest BCUT2D eigenvalue weighted by Gasteiger charge is -2.24. The molecule has 1 aromatic carbocycles. The van der Waals surface area contributed by atoms with Gasteiger partial charge in [-0.3, -0.25) is 4.79 Å². The van der Waals surface area contributed by atoms with Gasteiger partial charge in [-0.1, -0.05) is 6.92 Å². The maximum atomic E-state index is 12.0. The molecule has 1 aromatic rings. The summed E-state index contributed by atoms with van der Waals surface area (Å²) in [5.41, 5.74) is 0.00678. The van der Waals surface area contributed by atoms with Gasteiger partial charge in [0.1, 0.15) is 13.2 Å². The first kappa shape index (κ1) is 16.1. The van der Waals surface area contributed by atoms with Gasteiger partial charge in [-0.25, -0.2) is 4.79 Å². The van der Waals surface area contributed by atoms with Crippen LogP contribution in [0, 0.1) is 0 Å². The molecule has 6 nitrogen and oxygen atoms in total. The molecule has 1 heterocycles. The zero-order chi connectivity index (χ0) is 16.2. The highest BCUT2D eigenvalue weighted by atomic mass is 16.6. The minimum absolute atomic E-state index is 0.309. The van der Waals surface area contributed by atoms with Crippen molar-refractivity contribution in [1.82, 2.24) is 5.32 Å². The Balaban J connectivity index is 1.91. The zero-order valence-electron chi connectivity index (χ0n) is 13.1. The number of carbonyl (C=O) groups excluding carboxylic acids is 2. The smallest absolute Gasteiger partial charge is 0.338 e. The lowest BCUT2D eigenvalue weighted by molar-refractivity contribution is -0.125. The first-order valence-corrected chi connectivity index (χ1v) is 7.29. The van der Waals surface area contributed by atoms with Gasteiger partial charge in [0, 0.05) is 5.54 Å². The van der Waals surface area contributed by atoms with Crippen LogP contribution in [-0.4, -0.2) is 37.2 Å². The molecular formula is C16H21NO5. The van der Waals surface area contributed by atoms with E-state index in [0.717, 1.165) is 6.42 Å². The minimum atomic E-state index is -0.568. The molecule has 1 amide bonds. The Bertz CT molecular complexity index is 568. The van der Waals surface area contributed by atoms with E-state index in [2.05, 4.69) is 5.32 Å². The second-order valence-corrected chi connectivity index (χ2v) is 5.72. The number of nitrogens with one attached hydrogen (secondary N) is 1. The van der Waals surface area contributed by atoms with E-state index in [1.807, 2.05) is 20.8 Å². The summed E-state index contributed by atoms with van der Waals surface area (Å²) in [4.78, 5) is 23.7. The van der Waals surface area contributed by atoms with E-state index in [1.54, 1.807) is 18.2 Å². The maximum absolute atomic E-state index is 12.0. The molecule has 0 fully saturated rings. The van der Waals surface area contributed by atoms with Crippen LogP contribution in [0.25, 0.3) is 0 Å². The van der Waals surface area contributed by atoms with Gasteiger partial charge in [-0.05, 0) is 38.5 Å². The number of esters is 1. The van der Waals surface area contributed by atoms with Crippen molar-refractivity contribution in [2.75, 3.05) is 19.8 Å². The van der Waals surface area contributed by atoms with Crippen LogP contribution in [0.5, 0.6) is 11.5 Å². The van der Waals surface area contributed by atoms with E-state index in [9.17, 15) is 9.59 Å². The summed E-state index contributed by atoms with van der Waals surface area (Å²) in [7, 11) is 0. The number of benzene rings is 1. The van der Waals surface area contributed by atoms with E-state index in [1.165, 1.54) is 0 Å². The fraction of sp³-hybridized carbons (Fsp3) is 0.500. The zero-order valence-corrected chi connectivity index (χ0v) is 13.1. The quantitative estimate of drug-likeness (QED) is 0.841. The molecule has 0 spiro atoms. The van der Waals surface area contributed by atoms with Gasteiger partial charge in [-0.2, -0.15) is 0 Å². The van der Waals surface area contributed by atoms with Gasteiger partial charge in [0.25, 0.3) is 5.91 Å². The van der Waals surface area contributed by atoms with Gasteiger partial charge >= 0.3 is 5.97 Å². The van der Waals surface area contributed by atoms with E-state index in [4.69, 9.17) is 14.2 Å². The molecule has 0 saturated carbocycles. The molecule has 0 unspecified atom stereocenters. The fourth-order valence-electron chi connectivity index (χ4n) is 1.89. The van der Waals surface area contributed by atoms with E-state index >= 15 is 0 Å². The molecular weight excluding hydrogens is 286 g/mol. The average molecular weight is 307 g/mol. The van der Waals surface area contributed by atoms with Gasteiger partial charge in [0.15, 0.2) is 18.1 Å². The standard InChI is InChI=1S/C16H21NO5/c1-4-16(2,3)17-14(18)10-22-15(19)11-5-6-12-13(9-11)21-8-7-20-12/h5-6,9H,4,7-8,10H2,1-3H3,(H,17,18). The molecule has 22 heavy (non-hydrogen) atoms. The van der Waals surface area contributed by atoms with Crippen LogP contribution in [-0.2, 0) is 9.53 Å². The Morgan fingerprint density at radius 2 is 1.91 bits per heavy atom. The topological polar surface area (TPSA) is 73.9 Å². The van der Waals surface area contributed by atoms with Crippen LogP contribution in [0.3, 0.4) is 0 Å². The lowest BCUT2D eigenvalue weighted by Crippen LogP contribution is -2.44. The molecule has 0 bridgehead atoms. The van der Waals surface area contributed by atoms with Crippen molar-refractivity contribution in [3.63, 3.8) is 0 Å². The summed E-state index contributed by atoms with van der Waals surface area (Å²) < 4.78 is 15.8. The minimum Gasteiger partial charge on any atom is -0.486 e. The molecule has 0 aromatic heterocycles. The Kier molecular flexibility index (Phi) is 4.90. The van der Waals surface area contributed by atoms with Crippen molar-refractivity contribution in [2.24, 2.45) is 0 Å². The molecule has 0 aliphatic carbocycles. The fourth-order valence-corrected chi connectivity index (χ4v) is 1.89. The van der Waals surface area contributed by atoms with Gasteiger partial charge in [0.05, 0.1) is 5.56 Å². The molecule has 0 saturated heterocycles. The monoisotopic (exact) mass is 307 g/mol. The van der Waals surface area contributed by atoms with Crippen molar-refractivity contribution in [3.8, 4) is 11.5 Å². The highest BCUT2D eigenvalue weighted by Gasteiger charge is 2.20. The van der Waals surface area contributed by atoms with Crippen LogP contribution in [0.2, 0.25) is 0 Å². The summed E-state index contributed by atoms with van der Waals surface area (Å²) >= 11 is 0. The normalized spacial score (nSPS) is 13.4. The summed E-state index contributed by atoms with van der Waals surface area (Å²) in [6.45, 7) is 6.42. The Hall–Kier alpha value is -2.24. The summed E-state index contributed by atoms with van der Waals surface area (Å²) in [5.74, 6) is 0.224. The Labute approximate surface area is 129 Å². The third kappa shape index (κ3) is 4.13. The third-order valence-electron chi connectivity index (χ3n) is 3.47. The van der Waals surface area contributed by atoms with E-state index in [0.29, 0.717) is 30.3 Å². The summed E-state index contributed by atoms with van der Waals surface area (Å²) in [5, 5.41) is 2.80. The van der Waals surface area contributed by atoms with E-state index < -0.39 is 5.97 Å². The van der Waals surface area contributed by atoms with Crippen LogP contribution >= 0.6 is 0 Å². The Morgan fingerprint density at radius 1 is 1.23 bits per heavy atom. The number of amides is 1. The number of fused-ring (bicyclic) bond motifs is 1. The molecule has 1 N–H and O–H groups in total. The first-order chi connectivity index (χ1) is 10.4. The molecule has 1 aliphatic rings. The van der Waals surface area contributed by atoms with Crippen LogP contribution in [0.1, 0.15) is 37.6 Å². The largest absolute Gasteiger partial charge is 0.486 e. The average Bonchev–Trinajstić information content (AvgIpc) is 2.51. The van der Waals surface area contributed by atoms with Crippen molar-refractivity contribution in [3.05, 3.63) is 23.8 Å². The molecule has 0 atom stereocenters. The van der Waals surface area contributed by atoms with Crippen LogP contribution in [0.4, 0.5) is 0 Å². The van der Waals surface area contributed by atoms with Crippen molar-refractivity contribution in [1.29, 1.82) is 0 Å².